The van der Waals surface area contributed by atoms with Crippen molar-refractivity contribution >= 4 is 23.3 Å². The molecule has 0 radical (unpaired) electrons. The molecule has 0 aliphatic heterocycles. The maximum atomic E-state index is 13.2. The smallest absolute Gasteiger partial charge is 0.435 e. The fraction of sp³-hybridized carbons (Fsp3) is 0.316. The van der Waals surface area contributed by atoms with E-state index in [1.54, 1.807) is 19.9 Å². The second-order valence-corrected chi connectivity index (χ2v) is 7.10. The van der Waals surface area contributed by atoms with Crippen molar-refractivity contribution in [1.82, 2.24) is 30.7 Å². The molecule has 0 aromatic carbocycles. The largest absolute Gasteiger partial charge is 0.477 e. The number of hydrogen-bond donors (Lipinski definition) is 3. The summed E-state index contributed by atoms with van der Waals surface area (Å²) >= 11 is 6.03. The van der Waals surface area contributed by atoms with Crippen molar-refractivity contribution in [1.29, 1.82) is 0 Å². The molecular formula is C19H19ClF3N7O2. The topological polar surface area (TPSA) is 118 Å². The third-order valence-electron chi connectivity index (χ3n) is 4.26. The number of urea groups is 1. The van der Waals surface area contributed by atoms with Gasteiger partial charge in [-0.2, -0.15) is 23.4 Å². The van der Waals surface area contributed by atoms with Gasteiger partial charge < -0.3 is 15.4 Å². The molecule has 0 unspecified atom stereocenters. The predicted molar refractivity (Wildman–Crippen MR) is 110 cm³/mol. The molecule has 0 aliphatic carbocycles. The van der Waals surface area contributed by atoms with Crippen LogP contribution in [0.1, 0.15) is 29.6 Å². The van der Waals surface area contributed by atoms with Gasteiger partial charge in [0.1, 0.15) is 5.02 Å². The first kappa shape index (κ1) is 23.3. The SMILES string of the molecule is CCOc1ncc(NC(=O)NCc2cc(C)c(-c3c(C(F)(F)F)n[nH]c3C)nn2)cc1Cl. The first-order chi connectivity index (χ1) is 15.1. The molecule has 0 bridgehead atoms. The molecule has 3 N–H and O–H groups in total. The number of aromatic amines is 1. The highest BCUT2D eigenvalue weighted by atomic mass is 35.5. The number of alkyl halides is 3. The van der Waals surface area contributed by atoms with E-state index in [9.17, 15) is 18.0 Å². The summed E-state index contributed by atoms with van der Waals surface area (Å²) in [6.07, 6.45) is -3.24. The van der Waals surface area contributed by atoms with E-state index < -0.39 is 17.9 Å². The number of rotatable bonds is 6. The molecule has 0 atom stereocenters. The Balaban J connectivity index is 1.68. The normalized spacial score (nSPS) is 11.3. The van der Waals surface area contributed by atoms with Gasteiger partial charge >= 0.3 is 12.2 Å². The number of aryl methyl sites for hydroxylation is 2. The molecule has 9 nitrogen and oxygen atoms in total. The van der Waals surface area contributed by atoms with E-state index in [1.807, 2.05) is 0 Å². The fourth-order valence-corrected chi connectivity index (χ4v) is 3.10. The van der Waals surface area contributed by atoms with Crippen molar-refractivity contribution in [2.75, 3.05) is 11.9 Å². The zero-order valence-electron chi connectivity index (χ0n) is 17.3. The number of hydrogen-bond acceptors (Lipinski definition) is 6. The molecule has 0 spiro atoms. The molecule has 0 saturated carbocycles. The third kappa shape index (κ3) is 5.25. The van der Waals surface area contributed by atoms with Crippen LogP contribution >= 0.6 is 11.6 Å². The summed E-state index contributed by atoms with van der Waals surface area (Å²) in [7, 11) is 0. The van der Waals surface area contributed by atoms with E-state index in [2.05, 4.69) is 36.0 Å². The van der Waals surface area contributed by atoms with E-state index in [1.165, 1.54) is 19.2 Å². The number of amides is 2. The molecule has 170 valence electrons. The summed E-state index contributed by atoms with van der Waals surface area (Å²) in [5.41, 5.74) is 0.242. The van der Waals surface area contributed by atoms with Crippen LogP contribution in [0.25, 0.3) is 11.3 Å². The lowest BCUT2D eigenvalue weighted by molar-refractivity contribution is -0.140. The highest BCUT2D eigenvalue weighted by Gasteiger charge is 2.38. The van der Waals surface area contributed by atoms with Crippen molar-refractivity contribution in [3.8, 4) is 17.1 Å². The molecule has 32 heavy (non-hydrogen) atoms. The number of carbonyl (C=O) groups is 1. The van der Waals surface area contributed by atoms with Crippen molar-refractivity contribution < 1.29 is 22.7 Å². The van der Waals surface area contributed by atoms with E-state index in [0.717, 1.165) is 0 Å². The van der Waals surface area contributed by atoms with Crippen LogP contribution in [0.4, 0.5) is 23.7 Å². The Morgan fingerprint density at radius 3 is 2.62 bits per heavy atom. The molecule has 3 rings (SSSR count). The average Bonchev–Trinajstić information content (AvgIpc) is 3.10. The molecule has 0 fully saturated rings. The summed E-state index contributed by atoms with van der Waals surface area (Å²) in [5, 5.41) is 18.9. The van der Waals surface area contributed by atoms with E-state index >= 15 is 0 Å². The minimum Gasteiger partial charge on any atom is -0.477 e. The van der Waals surface area contributed by atoms with Crippen LogP contribution in [-0.2, 0) is 12.7 Å². The van der Waals surface area contributed by atoms with Gasteiger partial charge in [-0.3, -0.25) is 5.10 Å². The first-order valence-corrected chi connectivity index (χ1v) is 9.76. The number of halogens is 4. The molecule has 2 amide bonds. The number of carbonyl (C=O) groups excluding carboxylic acids is 1. The number of anilines is 1. The monoisotopic (exact) mass is 469 g/mol. The number of ether oxygens (including phenoxy) is 1. The molecule has 0 saturated heterocycles. The van der Waals surface area contributed by atoms with Gasteiger partial charge in [0.15, 0.2) is 5.69 Å². The average molecular weight is 470 g/mol. The summed E-state index contributed by atoms with van der Waals surface area (Å²) < 4.78 is 44.9. The zero-order chi connectivity index (χ0) is 23.5. The van der Waals surface area contributed by atoms with E-state index in [-0.39, 0.29) is 34.4 Å². The van der Waals surface area contributed by atoms with Gasteiger partial charge in [-0.1, -0.05) is 11.6 Å². The summed E-state index contributed by atoms with van der Waals surface area (Å²) in [5.74, 6) is 0.257. The van der Waals surface area contributed by atoms with E-state index in [4.69, 9.17) is 16.3 Å². The first-order valence-electron chi connectivity index (χ1n) is 9.39. The van der Waals surface area contributed by atoms with Gasteiger partial charge in [0.25, 0.3) is 0 Å². The van der Waals surface area contributed by atoms with Crippen LogP contribution in [0.2, 0.25) is 5.02 Å². The number of H-pyrrole nitrogens is 1. The van der Waals surface area contributed by atoms with Gasteiger partial charge in [0.05, 0.1) is 42.0 Å². The molecule has 13 heteroatoms. The molecule has 3 heterocycles. The fourth-order valence-electron chi connectivity index (χ4n) is 2.88. The Morgan fingerprint density at radius 2 is 2.00 bits per heavy atom. The molecule has 3 aromatic heterocycles. The van der Waals surface area contributed by atoms with Crippen LogP contribution < -0.4 is 15.4 Å². The number of pyridine rings is 1. The summed E-state index contributed by atoms with van der Waals surface area (Å²) in [6, 6.07) is 2.48. The lowest BCUT2D eigenvalue weighted by atomic mass is 10.0. The van der Waals surface area contributed by atoms with Gasteiger partial charge in [-0.05, 0) is 38.5 Å². The Kier molecular flexibility index (Phi) is 6.82. The minimum absolute atomic E-state index is 0.00532. The third-order valence-corrected chi connectivity index (χ3v) is 4.53. The van der Waals surface area contributed by atoms with Crippen LogP contribution in [-0.4, -0.2) is 38.0 Å². The van der Waals surface area contributed by atoms with Gasteiger partial charge in [-0.15, -0.1) is 5.10 Å². The minimum atomic E-state index is -4.63. The van der Waals surface area contributed by atoms with Crippen LogP contribution in [0.5, 0.6) is 5.88 Å². The lowest BCUT2D eigenvalue weighted by Gasteiger charge is -2.11. The highest BCUT2D eigenvalue weighted by Crippen LogP contribution is 2.37. The maximum absolute atomic E-state index is 13.2. The molecular weight excluding hydrogens is 451 g/mol. The predicted octanol–water partition coefficient (Wildman–Crippen LogP) is 4.27. The number of aromatic nitrogens is 5. The van der Waals surface area contributed by atoms with Crippen LogP contribution in [0.15, 0.2) is 18.3 Å². The van der Waals surface area contributed by atoms with Crippen molar-refractivity contribution in [3.05, 3.63) is 46.0 Å². The van der Waals surface area contributed by atoms with Crippen molar-refractivity contribution in [3.63, 3.8) is 0 Å². The van der Waals surface area contributed by atoms with Crippen molar-refractivity contribution in [2.24, 2.45) is 0 Å². The highest BCUT2D eigenvalue weighted by molar-refractivity contribution is 6.32. The summed E-state index contributed by atoms with van der Waals surface area (Å²) in [4.78, 5) is 16.1. The van der Waals surface area contributed by atoms with Gasteiger partial charge in [0, 0.05) is 5.69 Å². The van der Waals surface area contributed by atoms with Crippen LogP contribution in [0, 0.1) is 13.8 Å². The van der Waals surface area contributed by atoms with Crippen LogP contribution in [0.3, 0.4) is 0 Å². The Labute approximate surface area is 185 Å². The summed E-state index contributed by atoms with van der Waals surface area (Å²) in [6.45, 7) is 5.26. The van der Waals surface area contributed by atoms with E-state index in [0.29, 0.717) is 23.6 Å². The standard InChI is InChI=1S/C19H19ClF3N7O2/c1-4-32-17-13(20)6-11(7-24-17)26-18(31)25-8-12-5-9(2)15(29-28-12)14-10(3)27-30-16(14)19(21,22)23/h5-7H,4,8H2,1-3H3,(H,27,30)(H2,25,26,31). The number of nitrogens with one attached hydrogen (secondary N) is 3. The molecule has 3 aromatic rings. The maximum Gasteiger partial charge on any atom is 0.435 e. The zero-order valence-corrected chi connectivity index (χ0v) is 18.0. The Morgan fingerprint density at radius 1 is 1.25 bits per heavy atom. The van der Waals surface area contributed by atoms with Crippen molar-refractivity contribution in [2.45, 2.75) is 33.5 Å². The Bertz CT molecular complexity index is 1130. The second kappa shape index (κ2) is 9.39. The quantitative estimate of drug-likeness (QED) is 0.496. The molecule has 0 aliphatic rings. The van der Waals surface area contributed by atoms with Gasteiger partial charge in [-0.25, -0.2) is 9.78 Å². The second-order valence-electron chi connectivity index (χ2n) is 6.69. The number of nitrogens with zero attached hydrogens (tertiary/aromatic N) is 4. The Hall–Kier alpha value is -3.41. The van der Waals surface area contributed by atoms with Gasteiger partial charge in [0.2, 0.25) is 5.88 Å². The lowest BCUT2D eigenvalue weighted by Crippen LogP contribution is -2.28.